The molecule has 4 nitrogen and oxygen atoms in total. The second-order valence-electron chi connectivity index (χ2n) is 4.37. The molecule has 0 saturated carbocycles. The molecule has 0 aliphatic carbocycles. The zero-order valence-corrected chi connectivity index (χ0v) is 10.0. The van der Waals surface area contributed by atoms with Gasteiger partial charge in [-0.15, -0.1) is 0 Å². The Morgan fingerprint density at radius 3 is 3.12 bits per heavy atom. The van der Waals surface area contributed by atoms with E-state index < -0.39 is 0 Å². The fourth-order valence-corrected chi connectivity index (χ4v) is 1.96. The summed E-state index contributed by atoms with van der Waals surface area (Å²) in [7, 11) is 0. The first-order valence-corrected chi connectivity index (χ1v) is 6.04. The minimum absolute atomic E-state index is 0.458. The van der Waals surface area contributed by atoms with Crippen molar-refractivity contribution in [1.29, 1.82) is 0 Å². The highest BCUT2D eigenvalue weighted by Crippen LogP contribution is 2.16. The predicted octanol–water partition coefficient (Wildman–Crippen LogP) is 1.75. The first-order chi connectivity index (χ1) is 7.79. The van der Waals surface area contributed by atoms with E-state index in [1.165, 1.54) is 0 Å². The van der Waals surface area contributed by atoms with E-state index in [-0.39, 0.29) is 0 Å². The number of hydrogen-bond acceptors (Lipinski definition) is 4. The summed E-state index contributed by atoms with van der Waals surface area (Å²) in [6.07, 6.45) is 3.86. The summed E-state index contributed by atoms with van der Waals surface area (Å²) in [4.78, 5) is 4.23. The van der Waals surface area contributed by atoms with Crippen molar-refractivity contribution in [2.45, 2.75) is 39.3 Å². The van der Waals surface area contributed by atoms with Crippen molar-refractivity contribution in [3.63, 3.8) is 0 Å². The van der Waals surface area contributed by atoms with E-state index in [4.69, 9.17) is 9.15 Å². The average Bonchev–Trinajstić information content (AvgIpc) is 2.96. The van der Waals surface area contributed by atoms with Gasteiger partial charge < -0.3 is 14.5 Å². The molecule has 0 bridgehead atoms. The first kappa shape index (κ1) is 11.6. The van der Waals surface area contributed by atoms with Crippen molar-refractivity contribution in [2.24, 2.45) is 5.92 Å². The zero-order chi connectivity index (χ0) is 11.4. The Balaban J connectivity index is 1.77. The summed E-state index contributed by atoms with van der Waals surface area (Å²) in [5.41, 5.74) is 0. The van der Waals surface area contributed by atoms with Crippen molar-refractivity contribution in [3.8, 4) is 0 Å². The number of aromatic nitrogens is 1. The van der Waals surface area contributed by atoms with Crippen LogP contribution in [0.1, 0.15) is 31.9 Å². The number of ether oxygens (including phenoxy) is 1. The fraction of sp³-hybridized carbons (Fsp3) is 0.750. The predicted molar refractivity (Wildman–Crippen MR) is 61.1 cm³/mol. The van der Waals surface area contributed by atoms with Gasteiger partial charge in [0, 0.05) is 19.1 Å². The molecule has 1 aliphatic heterocycles. The molecule has 0 radical (unpaired) electrons. The Labute approximate surface area is 96.4 Å². The lowest BCUT2D eigenvalue weighted by Crippen LogP contribution is -2.33. The molecule has 2 atom stereocenters. The largest absolute Gasteiger partial charge is 0.444 e. The van der Waals surface area contributed by atoms with E-state index in [0.717, 1.165) is 37.7 Å². The molecular weight excluding hydrogens is 204 g/mol. The second-order valence-corrected chi connectivity index (χ2v) is 4.37. The summed E-state index contributed by atoms with van der Waals surface area (Å²) in [5, 5.41) is 3.44. The smallest absolute Gasteiger partial charge is 0.208 e. The molecule has 1 fully saturated rings. The van der Waals surface area contributed by atoms with Crippen LogP contribution in [0, 0.1) is 5.92 Å². The van der Waals surface area contributed by atoms with Crippen LogP contribution in [0.3, 0.4) is 0 Å². The van der Waals surface area contributed by atoms with E-state index >= 15 is 0 Å². The third kappa shape index (κ3) is 2.83. The highest BCUT2D eigenvalue weighted by Gasteiger charge is 2.22. The number of rotatable bonds is 5. The SMILES string of the molecule is CCc1cnc(CNC(C)C2CCOC2)o1. The van der Waals surface area contributed by atoms with Crippen molar-refractivity contribution in [1.82, 2.24) is 10.3 Å². The lowest BCUT2D eigenvalue weighted by molar-refractivity contribution is 0.177. The van der Waals surface area contributed by atoms with Crippen molar-refractivity contribution >= 4 is 0 Å². The van der Waals surface area contributed by atoms with E-state index in [1.807, 2.05) is 0 Å². The second kappa shape index (κ2) is 5.46. The lowest BCUT2D eigenvalue weighted by atomic mass is 10.0. The van der Waals surface area contributed by atoms with Gasteiger partial charge in [0.1, 0.15) is 5.76 Å². The molecular formula is C12H20N2O2. The molecule has 0 amide bonds. The number of aryl methyl sites for hydroxylation is 1. The summed E-state index contributed by atoms with van der Waals surface area (Å²) >= 11 is 0. The first-order valence-electron chi connectivity index (χ1n) is 6.04. The maximum Gasteiger partial charge on any atom is 0.208 e. The molecule has 2 heterocycles. The van der Waals surface area contributed by atoms with Crippen LogP contribution in [0.5, 0.6) is 0 Å². The van der Waals surface area contributed by atoms with Crippen LogP contribution in [0.2, 0.25) is 0 Å². The Bertz CT molecular complexity index is 319. The van der Waals surface area contributed by atoms with Crippen molar-refractivity contribution in [2.75, 3.05) is 13.2 Å². The molecule has 1 saturated heterocycles. The van der Waals surface area contributed by atoms with Crippen LogP contribution in [0.25, 0.3) is 0 Å². The van der Waals surface area contributed by atoms with Gasteiger partial charge >= 0.3 is 0 Å². The average molecular weight is 224 g/mol. The van der Waals surface area contributed by atoms with Gasteiger partial charge in [0.2, 0.25) is 5.89 Å². The molecule has 0 aromatic carbocycles. The van der Waals surface area contributed by atoms with E-state index in [0.29, 0.717) is 18.5 Å². The van der Waals surface area contributed by atoms with Crippen molar-refractivity contribution < 1.29 is 9.15 Å². The molecule has 0 spiro atoms. The maximum absolute atomic E-state index is 5.54. The van der Waals surface area contributed by atoms with Gasteiger partial charge in [-0.1, -0.05) is 6.92 Å². The molecule has 1 aromatic heterocycles. The number of nitrogens with zero attached hydrogens (tertiary/aromatic N) is 1. The minimum atomic E-state index is 0.458. The van der Waals surface area contributed by atoms with Gasteiger partial charge in [-0.25, -0.2) is 4.98 Å². The molecule has 2 unspecified atom stereocenters. The van der Waals surface area contributed by atoms with E-state index in [1.54, 1.807) is 6.20 Å². The van der Waals surface area contributed by atoms with Crippen LogP contribution < -0.4 is 5.32 Å². The minimum Gasteiger partial charge on any atom is -0.444 e. The number of oxazole rings is 1. The molecule has 1 aliphatic rings. The summed E-state index contributed by atoms with van der Waals surface area (Å²) in [6.45, 7) is 6.74. The van der Waals surface area contributed by atoms with E-state index in [2.05, 4.69) is 24.1 Å². The summed E-state index contributed by atoms with van der Waals surface area (Å²) in [5.74, 6) is 2.36. The zero-order valence-electron chi connectivity index (χ0n) is 10.0. The molecule has 1 N–H and O–H groups in total. The highest BCUT2D eigenvalue weighted by atomic mass is 16.5. The molecule has 2 rings (SSSR count). The standard InChI is InChI=1S/C12H20N2O2/c1-3-11-6-14-12(16-11)7-13-9(2)10-4-5-15-8-10/h6,9-10,13H,3-5,7-8H2,1-2H3. The van der Waals surface area contributed by atoms with Gasteiger partial charge in [0.25, 0.3) is 0 Å². The monoisotopic (exact) mass is 224 g/mol. The van der Waals surface area contributed by atoms with Crippen LogP contribution in [-0.4, -0.2) is 24.2 Å². The Morgan fingerprint density at radius 2 is 2.50 bits per heavy atom. The van der Waals surface area contributed by atoms with Gasteiger partial charge in [0.05, 0.1) is 19.3 Å². The number of nitrogens with one attached hydrogen (secondary N) is 1. The lowest BCUT2D eigenvalue weighted by Gasteiger charge is -2.18. The Hall–Kier alpha value is -0.870. The molecule has 16 heavy (non-hydrogen) atoms. The Kier molecular flexibility index (Phi) is 3.96. The Morgan fingerprint density at radius 1 is 1.62 bits per heavy atom. The topological polar surface area (TPSA) is 47.3 Å². The van der Waals surface area contributed by atoms with E-state index in [9.17, 15) is 0 Å². The van der Waals surface area contributed by atoms with Gasteiger partial charge in [-0.2, -0.15) is 0 Å². The van der Waals surface area contributed by atoms with Crippen LogP contribution in [0.4, 0.5) is 0 Å². The number of hydrogen-bond donors (Lipinski definition) is 1. The third-order valence-corrected chi connectivity index (χ3v) is 3.20. The maximum atomic E-state index is 5.54. The fourth-order valence-electron chi connectivity index (χ4n) is 1.96. The van der Waals surface area contributed by atoms with Gasteiger partial charge in [-0.05, 0) is 19.3 Å². The molecule has 1 aromatic rings. The van der Waals surface area contributed by atoms with Gasteiger partial charge in [-0.3, -0.25) is 0 Å². The summed E-state index contributed by atoms with van der Waals surface area (Å²) in [6, 6.07) is 0.458. The van der Waals surface area contributed by atoms with Gasteiger partial charge in [0.15, 0.2) is 0 Å². The molecule has 4 heteroatoms. The normalized spacial score (nSPS) is 22.5. The summed E-state index contributed by atoms with van der Waals surface area (Å²) < 4.78 is 10.9. The van der Waals surface area contributed by atoms with Crippen molar-refractivity contribution in [3.05, 3.63) is 17.8 Å². The van der Waals surface area contributed by atoms with Crippen LogP contribution in [-0.2, 0) is 17.7 Å². The van der Waals surface area contributed by atoms with Crippen LogP contribution >= 0.6 is 0 Å². The van der Waals surface area contributed by atoms with Crippen LogP contribution in [0.15, 0.2) is 10.6 Å². The quantitative estimate of drug-likeness (QED) is 0.827. The third-order valence-electron chi connectivity index (χ3n) is 3.20. The molecule has 90 valence electrons. The highest BCUT2D eigenvalue weighted by molar-refractivity contribution is 4.93.